The highest BCUT2D eigenvalue weighted by atomic mass is 19.1. The second-order valence-corrected chi connectivity index (χ2v) is 5.71. The molecule has 2 heteroatoms. The van der Waals surface area contributed by atoms with Crippen LogP contribution in [-0.4, -0.2) is 0 Å². The molecular weight excluding hydrogens is 290 g/mol. The first-order valence-corrected chi connectivity index (χ1v) is 7.74. The van der Waals surface area contributed by atoms with Gasteiger partial charge in [-0.05, 0) is 53.3 Å². The van der Waals surface area contributed by atoms with Crippen molar-refractivity contribution in [2.24, 2.45) is 0 Å². The van der Waals surface area contributed by atoms with Gasteiger partial charge >= 0.3 is 0 Å². The summed E-state index contributed by atoms with van der Waals surface area (Å²) in [6, 6.07) is 18.0. The molecule has 0 amide bonds. The van der Waals surface area contributed by atoms with Crippen molar-refractivity contribution in [3.63, 3.8) is 0 Å². The van der Waals surface area contributed by atoms with E-state index in [0.29, 0.717) is 16.7 Å². The van der Waals surface area contributed by atoms with Crippen LogP contribution in [0.1, 0.15) is 18.1 Å². The molecule has 0 unspecified atom stereocenters. The third-order valence-electron chi connectivity index (χ3n) is 4.15. The molecule has 116 valence electrons. The largest absolute Gasteiger partial charge is 0.207 e. The number of hydrogen-bond donors (Lipinski definition) is 0. The van der Waals surface area contributed by atoms with E-state index >= 15 is 0 Å². The Labute approximate surface area is 135 Å². The second kappa shape index (κ2) is 6.33. The Morgan fingerprint density at radius 2 is 1.30 bits per heavy atom. The van der Waals surface area contributed by atoms with Crippen molar-refractivity contribution in [1.82, 2.24) is 0 Å². The fourth-order valence-corrected chi connectivity index (χ4v) is 2.62. The van der Waals surface area contributed by atoms with E-state index in [1.54, 1.807) is 25.1 Å². The molecule has 0 aliphatic carbocycles. The molecule has 0 bridgehead atoms. The van der Waals surface area contributed by atoms with Gasteiger partial charge in [0.1, 0.15) is 11.6 Å². The summed E-state index contributed by atoms with van der Waals surface area (Å²) in [4.78, 5) is 0. The molecule has 0 N–H and O–H groups in total. The van der Waals surface area contributed by atoms with Crippen LogP contribution >= 0.6 is 0 Å². The van der Waals surface area contributed by atoms with Crippen LogP contribution < -0.4 is 0 Å². The quantitative estimate of drug-likeness (QED) is 0.543. The summed E-state index contributed by atoms with van der Waals surface area (Å²) in [5.41, 5.74) is 4.57. The maximum atomic E-state index is 14.5. The minimum absolute atomic E-state index is 0.318. The molecule has 0 fully saturated rings. The number of rotatable bonds is 3. The molecule has 23 heavy (non-hydrogen) atoms. The molecule has 0 aliphatic heterocycles. The number of halogens is 2. The van der Waals surface area contributed by atoms with Gasteiger partial charge in [-0.15, -0.1) is 0 Å². The maximum absolute atomic E-state index is 14.5. The molecule has 3 aromatic rings. The summed E-state index contributed by atoms with van der Waals surface area (Å²) in [5, 5.41) is 0. The maximum Gasteiger partial charge on any atom is 0.131 e. The van der Waals surface area contributed by atoms with E-state index in [1.165, 1.54) is 17.7 Å². The lowest BCUT2D eigenvalue weighted by atomic mass is 9.98. The van der Waals surface area contributed by atoms with Gasteiger partial charge in [-0.2, -0.15) is 0 Å². The predicted molar refractivity (Wildman–Crippen MR) is 91.3 cm³/mol. The Morgan fingerprint density at radius 1 is 0.696 bits per heavy atom. The van der Waals surface area contributed by atoms with E-state index < -0.39 is 0 Å². The zero-order chi connectivity index (χ0) is 16.4. The Morgan fingerprint density at radius 3 is 1.91 bits per heavy atom. The fourth-order valence-electron chi connectivity index (χ4n) is 2.62. The lowest BCUT2D eigenvalue weighted by Gasteiger charge is -2.08. The Hall–Kier alpha value is -2.48. The average Bonchev–Trinajstić information content (AvgIpc) is 2.57. The molecule has 0 aromatic heterocycles. The topological polar surface area (TPSA) is 0 Å². The van der Waals surface area contributed by atoms with Crippen LogP contribution in [0.2, 0.25) is 0 Å². The van der Waals surface area contributed by atoms with Crippen molar-refractivity contribution >= 4 is 0 Å². The van der Waals surface area contributed by atoms with Gasteiger partial charge < -0.3 is 0 Å². The standard InChI is InChI=1S/C21H18F2/c1-3-15-5-8-16(9-6-15)17-10-11-19(21(23)12-17)18-7-4-14(2)20(22)13-18/h4-13H,3H2,1-2H3. The molecule has 0 nitrogen and oxygen atoms in total. The summed E-state index contributed by atoms with van der Waals surface area (Å²) in [5.74, 6) is -0.661. The molecule has 0 heterocycles. The van der Waals surface area contributed by atoms with Crippen LogP contribution in [0.5, 0.6) is 0 Å². The molecule has 0 radical (unpaired) electrons. The van der Waals surface area contributed by atoms with Crippen LogP contribution in [0.25, 0.3) is 22.3 Å². The number of hydrogen-bond acceptors (Lipinski definition) is 0. The molecule has 3 rings (SSSR count). The van der Waals surface area contributed by atoms with Crippen molar-refractivity contribution in [2.75, 3.05) is 0 Å². The zero-order valence-electron chi connectivity index (χ0n) is 13.2. The highest BCUT2D eigenvalue weighted by Gasteiger charge is 2.09. The lowest BCUT2D eigenvalue weighted by Crippen LogP contribution is -1.89. The van der Waals surface area contributed by atoms with E-state index in [1.807, 2.05) is 18.2 Å². The van der Waals surface area contributed by atoms with Crippen molar-refractivity contribution in [3.05, 3.63) is 83.4 Å². The van der Waals surface area contributed by atoms with E-state index in [9.17, 15) is 8.78 Å². The van der Waals surface area contributed by atoms with Crippen molar-refractivity contribution < 1.29 is 8.78 Å². The number of aryl methyl sites for hydroxylation is 2. The van der Waals surface area contributed by atoms with Gasteiger partial charge in [0.25, 0.3) is 0 Å². The van der Waals surface area contributed by atoms with Gasteiger partial charge in [0.2, 0.25) is 0 Å². The summed E-state index contributed by atoms with van der Waals surface area (Å²) in [7, 11) is 0. The van der Waals surface area contributed by atoms with E-state index in [-0.39, 0.29) is 11.6 Å². The van der Waals surface area contributed by atoms with Gasteiger partial charge in [0.15, 0.2) is 0 Å². The van der Waals surface area contributed by atoms with E-state index in [0.717, 1.165) is 17.5 Å². The molecular formula is C21H18F2. The third kappa shape index (κ3) is 3.16. The van der Waals surface area contributed by atoms with Crippen LogP contribution in [0, 0.1) is 18.6 Å². The first kappa shape index (κ1) is 15.4. The molecule has 0 spiro atoms. The smallest absolute Gasteiger partial charge is 0.131 e. The van der Waals surface area contributed by atoms with Crippen LogP contribution in [-0.2, 0) is 6.42 Å². The van der Waals surface area contributed by atoms with Gasteiger partial charge in [-0.1, -0.05) is 55.5 Å². The fraction of sp³-hybridized carbons (Fsp3) is 0.143. The first-order chi connectivity index (χ1) is 11.1. The molecule has 0 saturated carbocycles. The Bertz CT molecular complexity index is 833. The Balaban J connectivity index is 1.98. The number of benzene rings is 3. The minimum atomic E-state index is -0.342. The van der Waals surface area contributed by atoms with Crippen molar-refractivity contribution in [3.8, 4) is 22.3 Å². The van der Waals surface area contributed by atoms with Gasteiger partial charge in [0.05, 0.1) is 0 Å². The lowest BCUT2D eigenvalue weighted by molar-refractivity contribution is 0.617. The monoisotopic (exact) mass is 308 g/mol. The SMILES string of the molecule is CCc1ccc(-c2ccc(-c3ccc(C)c(F)c3)c(F)c2)cc1. The second-order valence-electron chi connectivity index (χ2n) is 5.71. The molecule has 3 aromatic carbocycles. The molecule has 0 aliphatic rings. The van der Waals surface area contributed by atoms with Gasteiger partial charge in [0, 0.05) is 5.56 Å². The molecule has 0 atom stereocenters. The predicted octanol–water partition coefficient (Wildman–Crippen LogP) is 6.17. The van der Waals surface area contributed by atoms with E-state index in [4.69, 9.17) is 0 Å². The van der Waals surface area contributed by atoms with Crippen LogP contribution in [0.4, 0.5) is 8.78 Å². The van der Waals surface area contributed by atoms with Crippen LogP contribution in [0.3, 0.4) is 0 Å². The van der Waals surface area contributed by atoms with Crippen molar-refractivity contribution in [1.29, 1.82) is 0 Å². The molecule has 0 saturated heterocycles. The van der Waals surface area contributed by atoms with Gasteiger partial charge in [-0.3, -0.25) is 0 Å². The van der Waals surface area contributed by atoms with Gasteiger partial charge in [-0.25, -0.2) is 8.78 Å². The van der Waals surface area contributed by atoms with E-state index in [2.05, 4.69) is 19.1 Å². The van der Waals surface area contributed by atoms with Crippen molar-refractivity contribution in [2.45, 2.75) is 20.3 Å². The normalized spacial score (nSPS) is 10.8. The minimum Gasteiger partial charge on any atom is -0.207 e. The highest BCUT2D eigenvalue weighted by Crippen LogP contribution is 2.29. The summed E-state index contributed by atoms with van der Waals surface area (Å²) in [6.07, 6.45) is 0.979. The van der Waals surface area contributed by atoms with Crippen LogP contribution in [0.15, 0.2) is 60.7 Å². The summed E-state index contributed by atoms with van der Waals surface area (Å²) >= 11 is 0. The summed E-state index contributed by atoms with van der Waals surface area (Å²) < 4.78 is 28.2. The Kier molecular flexibility index (Phi) is 4.24. The first-order valence-electron chi connectivity index (χ1n) is 7.74. The third-order valence-corrected chi connectivity index (χ3v) is 4.15. The highest BCUT2D eigenvalue weighted by molar-refractivity contribution is 5.71. The summed E-state index contributed by atoms with van der Waals surface area (Å²) in [6.45, 7) is 3.79. The average molecular weight is 308 g/mol. The zero-order valence-corrected chi connectivity index (χ0v) is 13.2.